The van der Waals surface area contributed by atoms with Gasteiger partial charge in [-0.05, 0) is 60.3 Å². The zero-order chi connectivity index (χ0) is 22.5. The highest BCUT2D eigenvalue weighted by Crippen LogP contribution is 2.35. The third-order valence-corrected chi connectivity index (χ3v) is 5.96. The molecule has 1 saturated heterocycles. The van der Waals surface area contributed by atoms with E-state index in [1.807, 2.05) is 60.7 Å². The van der Waals surface area contributed by atoms with Crippen LogP contribution in [0.15, 0.2) is 75.0 Å². The second-order valence-electron chi connectivity index (χ2n) is 6.87. The average Bonchev–Trinajstić information content (AvgIpc) is 3.38. The van der Waals surface area contributed by atoms with Gasteiger partial charge in [0.2, 0.25) is 0 Å². The van der Waals surface area contributed by atoms with Crippen LogP contribution in [0.25, 0.3) is 17.4 Å². The van der Waals surface area contributed by atoms with E-state index in [-0.39, 0.29) is 5.91 Å². The maximum Gasteiger partial charge on any atom is 0.266 e. The molecule has 1 amide bonds. The number of ether oxygens (including phenoxy) is 2. The Morgan fingerprint density at radius 3 is 2.66 bits per heavy atom. The first-order chi connectivity index (χ1) is 15.6. The van der Waals surface area contributed by atoms with E-state index in [9.17, 15) is 4.79 Å². The average molecular weight is 469 g/mol. The Morgan fingerprint density at radius 2 is 1.94 bits per heavy atom. The monoisotopic (exact) mass is 468 g/mol. The zero-order valence-corrected chi connectivity index (χ0v) is 19.2. The number of methoxy groups -OCH3 is 2. The largest absolute Gasteiger partial charge is 0.497 e. The molecule has 0 unspecified atom stereocenters. The van der Waals surface area contributed by atoms with Gasteiger partial charge in [-0.15, -0.1) is 0 Å². The van der Waals surface area contributed by atoms with E-state index in [1.54, 1.807) is 25.2 Å². The first-order valence-electron chi connectivity index (χ1n) is 9.86. The molecule has 0 aliphatic carbocycles. The van der Waals surface area contributed by atoms with Gasteiger partial charge in [0.25, 0.3) is 5.91 Å². The molecule has 0 saturated carbocycles. The van der Waals surface area contributed by atoms with Crippen LogP contribution in [0.4, 0.5) is 5.69 Å². The van der Waals surface area contributed by atoms with E-state index >= 15 is 0 Å². The fourth-order valence-corrected chi connectivity index (χ4v) is 4.29. The molecule has 2 heterocycles. The summed E-state index contributed by atoms with van der Waals surface area (Å²) < 4.78 is 16.3. The lowest BCUT2D eigenvalue weighted by Crippen LogP contribution is -2.32. The molecule has 0 N–H and O–H groups in total. The van der Waals surface area contributed by atoms with Gasteiger partial charge in [0.05, 0.1) is 30.9 Å². The predicted molar refractivity (Wildman–Crippen MR) is 128 cm³/mol. The van der Waals surface area contributed by atoms with E-state index in [4.69, 9.17) is 25.5 Å². The van der Waals surface area contributed by atoms with Crippen LogP contribution in [0.1, 0.15) is 5.76 Å². The smallest absolute Gasteiger partial charge is 0.266 e. The summed E-state index contributed by atoms with van der Waals surface area (Å²) in [4.78, 5) is 19.9. The third-order valence-electron chi connectivity index (χ3n) is 4.71. The summed E-state index contributed by atoms with van der Waals surface area (Å²) in [5, 5.41) is 1.22. The number of carbonyl (C=O) groups is 1. The van der Waals surface area contributed by atoms with E-state index in [0.29, 0.717) is 39.8 Å². The molecule has 3 aromatic rings. The van der Waals surface area contributed by atoms with Crippen LogP contribution in [0, 0.1) is 0 Å². The van der Waals surface area contributed by atoms with Crippen molar-refractivity contribution in [2.75, 3.05) is 27.4 Å². The summed E-state index contributed by atoms with van der Waals surface area (Å²) in [6.45, 7) is 0.807. The van der Waals surface area contributed by atoms with Gasteiger partial charge in [-0.25, -0.2) is 4.99 Å². The lowest BCUT2D eigenvalue weighted by molar-refractivity contribution is -0.122. The quantitative estimate of drug-likeness (QED) is 0.406. The van der Waals surface area contributed by atoms with Gasteiger partial charge in [0.1, 0.15) is 17.3 Å². The van der Waals surface area contributed by atoms with Gasteiger partial charge in [0.15, 0.2) is 5.17 Å². The number of rotatable bonds is 7. The highest BCUT2D eigenvalue weighted by molar-refractivity contribution is 8.18. The molecule has 0 spiro atoms. The second kappa shape index (κ2) is 10.1. The molecular formula is C24H21ClN2O4S. The molecule has 1 aliphatic rings. The maximum absolute atomic E-state index is 13.1. The number of furan rings is 1. The first-order valence-corrected chi connectivity index (χ1v) is 11.1. The molecule has 4 rings (SSSR count). The van der Waals surface area contributed by atoms with Gasteiger partial charge < -0.3 is 13.9 Å². The molecule has 0 atom stereocenters. The van der Waals surface area contributed by atoms with E-state index in [2.05, 4.69) is 4.99 Å². The van der Waals surface area contributed by atoms with Crippen molar-refractivity contribution in [3.05, 3.63) is 76.4 Å². The number of carbonyl (C=O) groups excluding carboxylic acids is 1. The predicted octanol–water partition coefficient (Wildman–Crippen LogP) is 5.86. The Balaban J connectivity index is 1.61. The molecule has 32 heavy (non-hydrogen) atoms. The molecular weight excluding hydrogens is 448 g/mol. The van der Waals surface area contributed by atoms with Crippen LogP contribution >= 0.6 is 23.4 Å². The van der Waals surface area contributed by atoms with Crippen LogP contribution in [0.2, 0.25) is 5.02 Å². The number of aliphatic imine (C=N–C) groups is 1. The van der Waals surface area contributed by atoms with Crippen LogP contribution in [-0.2, 0) is 9.53 Å². The number of amides is 1. The Labute approximate surface area is 195 Å². The van der Waals surface area contributed by atoms with Crippen molar-refractivity contribution < 1.29 is 18.7 Å². The Kier molecular flexibility index (Phi) is 6.99. The highest BCUT2D eigenvalue weighted by Gasteiger charge is 2.33. The molecule has 1 aromatic heterocycles. The van der Waals surface area contributed by atoms with Gasteiger partial charge in [-0.2, -0.15) is 0 Å². The Bertz CT molecular complexity index is 1170. The molecule has 164 valence electrons. The third kappa shape index (κ3) is 5.07. The normalized spacial score (nSPS) is 16.3. The molecule has 0 bridgehead atoms. The van der Waals surface area contributed by atoms with Gasteiger partial charge in [-0.1, -0.05) is 23.7 Å². The lowest BCUT2D eigenvalue weighted by atomic mass is 10.2. The molecule has 8 heteroatoms. The Morgan fingerprint density at radius 1 is 1.12 bits per heavy atom. The first kappa shape index (κ1) is 22.2. The number of amidine groups is 1. The summed E-state index contributed by atoms with van der Waals surface area (Å²) in [5.41, 5.74) is 1.60. The number of hydrogen-bond donors (Lipinski definition) is 0. The van der Waals surface area contributed by atoms with Gasteiger partial charge >= 0.3 is 0 Å². The van der Waals surface area contributed by atoms with E-state index in [1.165, 1.54) is 11.8 Å². The number of nitrogens with zero attached hydrogens (tertiary/aromatic N) is 2. The second-order valence-corrected chi connectivity index (χ2v) is 8.31. The van der Waals surface area contributed by atoms with E-state index < -0.39 is 0 Å². The van der Waals surface area contributed by atoms with Crippen molar-refractivity contribution in [2.45, 2.75) is 0 Å². The molecule has 6 nitrogen and oxygen atoms in total. The van der Waals surface area contributed by atoms with Gasteiger partial charge in [0, 0.05) is 23.8 Å². The minimum Gasteiger partial charge on any atom is -0.497 e. The van der Waals surface area contributed by atoms with Crippen molar-refractivity contribution in [1.29, 1.82) is 0 Å². The van der Waals surface area contributed by atoms with Crippen molar-refractivity contribution in [3.63, 3.8) is 0 Å². The maximum atomic E-state index is 13.1. The van der Waals surface area contributed by atoms with Crippen molar-refractivity contribution in [1.82, 2.24) is 4.90 Å². The topological polar surface area (TPSA) is 64.3 Å². The van der Waals surface area contributed by atoms with Crippen molar-refractivity contribution in [3.8, 4) is 17.1 Å². The summed E-state index contributed by atoms with van der Waals surface area (Å²) in [5.74, 6) is 1.86. The summed E-state index contributed by atoms with van der Waals surface area (Å²) in [6.07, 6.45) is 1.73. The zero-order valence-electron chi connectivity index (χ0n) is 17.6. The Hall–Kier alpha value is -3.00. The van der Waals surface area contributed by atoms with Crippen LogP contribution in [0.3, 0.4) is 0 Å². The van der Waals surface area contributed by atoms with Gasteiger partial charge in [-0.3, -0.25) is 9.69 Å². The highest BCUT2D eigenvalue weighted by atomic mass is 35.5. The number of benzene rings is 2. The standard InChI is InChI=1S/C24H21ClN2O4S/c1-29-13-12-27-23(28)22(32-24(27)26-18-6-8-19(30-2)9-7-18)15-20-10-11-21(31-20)16-4-3-5-17(25)14-16/h3-11,14-15H,12-13H2,1-2H3/b22-15-,26-24?. The number of thioether (sulfide) groups is 1. The fraction of sp³-hybridized carbons (Fsp3) is 0.167. The van der Waals surface area contributed by atoms with E-state index in [0.717, 1.165) is 17.0 Å². The summed E-state index contributed by atoms with van der Waals surface area (Å²) in [7, 11) is 3.22. The SMILES string of the molecule is COCCN1C(=O)/C(=C/c2ccc(-c3cccc(Cl)c3)o2)SC1=Nc1ccc(OC)cc1. The number of hydrogen-bond acceptors (Lipinski definition) is 6. The molecule has 1 aliphatic heterocycles. The lowest BCUT2D eigenvalue weighted by Gasteiger charge is -2.14. The van der Waals surface area contributed by atoms with Crippen molar-refractivity contribution >= 4 is 46.2 Å². The molecule has 1 fully saturated rings. The molecule has 0 radical (unpaired) electrons. The minimum atomic E-state index is -0.139. The van der Waals surface area contributed by atoms with Crippen LogP contribution < -0.4 is 4.74 Å². The van der Waals surface area contributed by atoms with Crippen molar-refractivity contribution in [2.24, 2.45) is 4.99 Å². The number of halogens is 1. The fourth-order valence-electron chi connectivity index (χ4n) is 3.09. The van der Waals surface area contributed by atoms with Crippen LogP contribution in [-0.4, -0.2) is 43.3 Å². The summed E-state index contributed by atoms with van der Waals surface area (Å²) >= 11 is 7.38. The van der Waals surface area contributed by atoms with Crippen LogP contribution in [0.5, 0.6) is 5.75 Å². The summed E-state index contributed by atoms with van der Waals surface area (Å²) in [6, 6.07) is 18.5. The minimum absolute atomic E-state index is 0.139. The molecule has 2 aromatic carbocycles.